The molecule has 1 unspecified atom stereocenters. The maximum Gasteiger partial charge on any atom is 0.158 e. The normalized spacial score (nSPS) is 12.3. The molecule has 4 nitrogen and oxygen atoms in total. The third-order valence-corrected chi connectivity index (χ3v) is 3.45. The summed E-state index contributed by atoms with van der Waals surface area (Å²) >= 11 is 5.96. The van der Waals surface area contributed by atoms with Crippen molar-refractivity contribution >= 4 is 11.6 Å². The fraction of sp³-hybridized carbons (Fsp3) is 0.125. The first kappa shape index (κ1) is 13.8. The van der Waals surface area contributed by atoms with Gasteiger partial charge in [0.15, 0.2) is 5.82 Å². The lowest BCUT2D eigenvalue weighted by molar-refractivity contribution is 0.157. The van der Waals surface area contributed by atoms with Crippen LogP contribution in [-0.4, -0.2) is 19.6 Å². The molecule has 0 spiro atoms. The third-order valence-electron chi connectivity index (χ3n) is 3.21. The second-order valence-electron chi connectivity index (χ2n) is 4.69. The van der Waals surface area contributed by atoms with Crippen LogP contribution in [0.5, 0.6) is 0 Å². The Labute approximate surface area is 127 Å². The van der Waals surface area contributed by atoms with E-state index in [9.17, 15) is 5.11 Å². The Bertz CT molecular complexity index is 727. The molecule has 106 valence electrons. The molecule has 21 heavy (non-hydrogen) atoms. The van der Waals surface area contributed by atoms with E-state index in [2.05, 4.69) is 9.97 Å². The van der Waals surface area contributed by atoms with E-state index in [-0.39, 0.29) is 0 Å². The number of nitrogens with zero attached hydrogens (tertiary/aromatic N) is 3. The van der Waals surface area contributed by atoms with Gasteiger partial charge < -0.3 is 9.67 Å². The van der Waals surface area contributed by atoms with Gasteiger partial charge >= 0.3 is 0 Å². The molecule has 2 heterocycles. The number of halogens is 1. The quantitative estimate of drug-likeness (QED) is 0.804. The molecule has 1 N–H and O–H groups in total. The van der Waals surface area contributed by atoms with Crippen LogP contribution in [-0.2, 0) is 6.54 Å². The highest BCUT2D eigenvalue weighted by atomic mass is 35.5. The molecule has 0 aliphatic heterocycles. The molecule has 0 radical (unpaired) electrons. The standard InChI is InChI=1S/C16H14ClN3O/c17-13-5-3-4-12(10-13)15(21)11-20-9-8-19-16(20)14-6-1-2-7-18-14/h1-10,15,21H,11H2. The average molecular weight is 300 g/mol. The average Bonchev–Trinajstić information content (AvgIpc) is 2.96. The maximum absolute atomic E-state index is 10.4. The summed E-state index contributed by atoms with van der Waals surface area (Å²) < 4.78 is 1.88. The Morgan fingerprint density at radius 3 is 2.76 bits per heavy atom. The van der Waals surface area contributed by atoms with Crippen molar-refractivity contribution in [3.63, 3.8) is 0 Å². The Morgan fingerprint density at radius 2 is 2.00 bits per heavy atom. The molecule has 0 aliphatic rings. The van der Waals surface area contributed by atoms with E-state index in [0.29, 0.717) is 11.6 Å². The number of aliphatic hydroxyl groups is 1. The van der Waals surface area contributed by atoms with E-state index in [0.717, 1.165) is 17.1 Å². The van der Waals surface area contributed by atoms with Crippen molar-refractivity contribution in [1.29, 1.82) is 0 Å². The topological polar surface area (TPSA) is 50.9 Å². The molecular formula is C16H14ClN3O. The molecule has 1 aromatic carbocycles. The van der Waals surface area contributed by atoms with Gasteiger partial charge in [-0.25, -0.2) is 4.98 Å². The first-order valence-corrected chi connectivity index (χ1v) is 6.98. The van der Waals surface area contributed by atoms with E-state index in [1.807, 2.05) is 41.1 Å². The Hall–Kier alpha value is -2.17. The molecule has 0 aliphatic carbocycles. The van der Waals surface area contributed by atoms with Gasteiger partial charge in [0.2, 0.25) is 0 Å². The molecule has 0 bridgehead atoms. The first-order valence-electron chi connectivity index (χ1n) is 6.60. The smallest absolute Gasteiger partial charge is 0.158 e. The summed E-state index contributed by atoms with van der Waals surface area (Å²) in [6, 6.07) is 12.9. The van der Waals surface area contributed by atoms with Gasteiger partial charge in [0, 0.05) is 23.6 Å². The van der Waals surface area contributed by atoms with Crippen LogP contribution in [0.1, 0.15) is 11.7 Å². The molecular weight excluding hydrogens is 286 g/mol. The van der Waals surface area contributed by atoms with Gasteiger partial charge in [-0.15, -0.1) is 0 Å². The van der Waals surface area contributed by atoms with Crippen LogP contribution < -0.4 is 0 Å². The van der Waals surface area contributed by atoms with Crippen molar-refractivity contribution in [2.24, 2.45) is 0 Å². The lowest BCUT2D eigenvalue weighted by Gasteiger charge is -2.14. The lowest BCUT2D eigenvalue weighted by atomic mass is 10.1. The van der Waals surface area contributed by atoms with Crippen LogP contribution >= 0.6 is 11.6 Å². The summed E-state index contributed by atoms with van der Waals surface area (Å²) in [6.45, 7) is 0.395. The fourth-order valence-electron chi connectivity index (χ4n) is 2.19. The Kier molecular flexibility index (Phi) is 3.99. The SMILES string of the molecule is OC(Cn1ccnc1-c1ccccn1)c1cccc(Cl)c1. The van der Waals surface area contributed by atoms with E-state index in [4.69, 9.17) is 11.6 Å². The summed E-state index contributed by atoms with van der Waals surface area (Å²) in [4.78, 5) is 8.60. The van der Waals surface area contributed by atoms with Gasteiger partial charge in [0.25, 0.3) is 0 Å². The Morgan fingerprint density at radius 1 is 1.10 bits per heavy atom. The molecule has 0 saturated heterocycles. The molecule has 0 amide bonds. The van der Waals surface area contributed by atoms with Crippen LogP contribution in [0.15, 0.2) is 61.1 Å². The Balaban J connectivity index is 1.85. The van der Waals surface area contributed by atoms with Gasteiger partial charge in [0.05, 0.1) is 12.6 Å². The minimum atomic E-state index is -0.652. The van der Waals surface area contributed by atoms with Crippen molar-refractivity contribution in [2.75, 3.05) is 0 Å². The number of hydrogen-bond acceptors (Lipinski definition) is 3. The second-order valence-corrected chi connectivity index (χ2v) is 5.13. The van der Waals surface area contributed by atoms with Crippen LogP contribution in [0.2, 0.25) is 5.02 Å². The number of aliphatic hydroxyl groups excluding tert-OH is 1. The van der Waals surface area contributed by atoms with Crippen molar-refractivity contribution < 1.29 is 5.11 Å². The number of aromatic nitrogens is 3. The zero-order chi connectivity index (χ0) is 14.7. The van der Waals surface area contributed by atoms with Crippen LogP contribution in [0, 0.1) is 0 Å². The predicted octanol–water partition coefficient (Wildman–Crippen LogP) is 3.33. The van der Waals surface area contributed by atoms with Gasteiger partial charge in [-0.05, 0) is 29.8 Å². The number of pyridine rings is 1. The number of benzene rings is 1. The molecule has 1 atom stereocenters. The highest BCUT2D eigenvalue weighted by molar-refractivity contribution is 6.30. The minimum Gasteiger partial charge on any atom is -0.387 e. The van der Waals surface area contributed by atoms with Crippen LogP contribution in [0.25, 0.3) is 11.5 Å². The highest BCUT2D eigenvalue weighted by Crippen LogP contribution is 2.22. The van der Waals surface area contributed by atoms with E-state index in [1.165, 1.54) is 0 Å². The highest BCUT2D eigenvalue weighted by Gasteiger charge is 2.13. The first-order chi connectivity index (χ1) is 10.2. The maximum atomic E-state index is 10.4. The molecule has 3 aromatic rings. The van der Waals surface area contributed by atoms with E-state index in [1.54, 1.807) is 24.5 Å². The van der Waals surface area contributed by atoms with E-state index < -0.39 is 6.10 Å². The largest absolute Gasteiger partial charge is 0.387 e. The zero-order valence-electron chi connectivity index (χ0n) is 11.2. The summed E-state index contributed by atoms with van der Waals surface area (Å²) in [6.07, 6.45) is 4.61. The van der Waals surface area contributed by atoms with Crippen molar-refractivity contribution in [2.45, 2.75) is 12.6 Å². The fourth-order valence-corrected chi connectivity index (χ4v) is 2.39. The second kappa shape index (κ2) is 6.08. The molecule has 2 aromatic heterocycles. The zero-order valence-corrected chi connectivity index (χ0v) is 12.0. The van der Waals surface area contributed by atoms with Crippen molar-refractivity contribution in [1.82, 2.24) is 14.5 Å². The molecule has 5 heteroatoms. The van der Waals surface area contributed by atoms with E-state index >= 15 is 0 Å². The van der Waals surface area contributed by atoms with Crippen LogP contribution in [0.3, 0.4) is 0 Å². The summed E-state index contributed by atoms with van der Waals surface area (Å²) in [5, 5.41) is 11.0. The number of imidazole rings is 1. The van der Waals surface area contributed by atoms with Gasteiger partial charge in [-0.1, -0.05) is 29.8 Å². The molecule has 0 saturated carbocycles. The lowest BCUT2D eigenvalue weighted by Crippen LogP contribution is -2.09. The minimum absolute atomic E-state index is 0.395. The molecule has 0 fully saturated rings. The van der Waals surface area contributed by atoms with Gasteiger partial charge in [-0.2, -0.15) is 0 Å². The summed E-state index contributed by atoms with van der Waals surface area (Å²) in [5.41, 5.74) is 1.56. The van der Waals surface area contributed by atoms with Crippen LogP contribution in [0.4, 0.5) is 0 Å². The van der Waals surface area contributed by atoms with Gasteiger partial charge in [0.1, 0.15) is 5.69 Å². The van der Waals surface area contributed by atoms with Crippen molar-refractivity contribution in [3.05, 3.63) is 71.6 Å². The molecule has 3 rings (SSSR count). The summed E-state index contributed by atoms with van der Waals surface area (Å²) in [7, 11) is 0. The monoisotopic (exact) mass is 299 g/mol. The number of rotatable bonds is 4. The van der Waals surface area contributed by atoms with Crippen molar-refractivity contribution in [3.8, 4) is 11.5 Å². The number of hydrogen-bond donors (Lipinski definition) is 1. The van der Waals surface area contributed by atoms with Gasteiger partial charge in [-0.3, -0.25) is 4.98 Å². The third kappa shape index (κ3) is 3.12. The summed E-state index contributed by atoms with van der Waals surface area (Å²) in [5.74, 6) is 0.733. The predicted molar refractivity (Wildman–Crippen MR) is 81.9 cm³/mol.